The molecule has 3 N–H and O–H groups in total. The number of carbonyl (C=O) groups excluding carboxylic acids is 2. The van der Waals surface area contributed by atoms with Gasteiger partial charge in [-0.15, -0.1) is 0 Å². The zero-order valence-electron chi connectivity index (χ0n) is 27.9. The summed E-state index contributed by atoms with van der Waals surface area (Å²) >= 11 is 0. The number of likely N-dealkylation sites (tertiary alicyclic amines) is 1. The Bertz CT molecular complexity index is 2080. The topological polar surface area (TPSA) is 117 Å². The number of nitrogens with one attached hydrogen (secondary N) is 2. The summed E-state index contributed by atoms with van der Waals surface area (Å²) in [6.07, 6.45) is 10.0. The monoisotopic (exact) mass is 655 g/mol. The molecule has 2 aliphatic rings. The zero-order valence-corrected chi connectivity index (χ0v) is 27.9. The fourth-order valence-electron chi connectivity index (χ4n) is 7.65. The number of aryl methyl sites for hydroxylation is 1. The number of benzene rings is 3. The first-order chi connectivity index (χ1) is 23.7. The second-order valence-corrected chi connectivity index (χ2v) is 13.5. The Morgan fingerprint density at radius 3 is 2.41 bits per heavy atom. The van der Waals surface area contributed by atoms with Crippen molar-refractivity contribution in [2.45, 2.75) is 50.0 Å². The third kappa shape index (κ3) is 6.34. The molecule has 0 atom stereocenters. The second-order valence-electron chi connectivity index (χ2n) is 13.5. The van der Waals surface area contributed by atoms with E-state index < -0.39 is 11.5 Å². The maximum absolute atomic E-state index is 14.1. The molecule has 5 aromatic rings. The number of pyridine rings is 1. The number of carboxylic acids is 1. The van der Waals surface area contributed by atoms with Crippen LogP contribution in [0.1, 0.15) is 65.9 Å². The smallest absolute Gasteiger partial charge is 0.328 e. The average molecular weight is 656 g/mol. The Labute approximate surface area is 285 Å². The van der Waals surface area contributed by atoms with E-state index >= 15 is 0 Å². The lowest BCUT2D eigenvalue weighted by molar-refractivity contribution is -0.131. The molecule has 9 heteroatoms. The van der Waals surface area contributed by atoms with Crippen LogP contribution in [0.4, 0.5) is 5.69 Å². The van der Waals surface area contributed by atoms with Gasteiger partial charge in [0.25, 0.3) is 5.91 Å². The van der Waals surface area contributed by atoms with Crippen molar-refractivity contribution in [3.05, 3.63) is 102 Å². The lowest BCUT2D eigenvalue weighted by atomic mass is 9.86. The first kappa shape index (κ1) is 32.3. The van der Waals surface area contributed by atoms with Gasteiger partial charge in [0.2, 0.25) is 5.91 Å². The van der Waals surface area contributed by atoms with Gasteiger partial charge >= 0.3 is 5.97 Å². The van der Waals surface area contributed by atoms with E-state index in [1.807, 2.05) is 31.4 Å². The summed E-state index contributed by atoms with van der Waals surface area (Å²) in [5.74, 6) is -1.14. The number of aliphatic carboxylic acids is 1. The third-order valence-electron chi connectivity index (χ3n) is 10.4. The molecule has 250 valence electrons. The van der Waals surface area contributed by atoms with Crippen molar-refractivity contribution in [1.29, 1.82) is 0 Å². The van der Waals surface area contributed by atoms with Crippen LogP contribution in [-0.2, 0) is 16.6 Å². The number of carbonyl (C=O) groups is 3. The Morgan fingerprint density at radius 1 is 0.939 bits per heavy atom. The number of rotatable bonds is 8. The van der Waals surface area contributed by atoms with Crippen LogP contribution < -0.4 is 10.6 Å². The minimum atomic E-state index is -1.09. The normalized spacial score (nSPS) is 16.8. The molecule has 49 heavy (non-hydrogen) atoms. The molecule has 2 fully saturated rings. The van der Waals surface area contributed by atoms with E-state index in [1.165, 1.54) is 24.5 Å². The van der Waals surface area contributed by atoms with Crippen molar-refractivity contribution in [1.82, 2.24) is 19.8 Å². The summed E-state index contributed by atoms with van der Waals surface area (Å²) in [6, 6.07) is 23.3. The van der Waals surface area contributed by atoms with Crippen molar-refractivity contribution in [3.63, 3.8) is 0 Å². The maximum atomic E-state index is 14.1. The van der Waals surface area contributed by atoms with E-state index in [2.05, 4.69) is 57.5 Å². The van der Waals surface area contributed by atoms with Gasteiger partial charge in [0, 0.05) is 65.5 Å². The van der Waals surface area contributed by atoms with Gasteiger partial charge in [-0.25, -0.2) is 4.79 Å². The number of amides is 2. The molecular weight excluding hydrogens is 614 g/mol. The van der Waals surface area contributed by atoms with Crippen molar-refractivity contribution >= 4 is 51.4 Å². The zero-order chi connectivity index (χ0) is 34.1. The Kier molecular flexibility index (Phi) is 8.77. The number of carboxylic acid groups (broad SMARTS) is 1. The van der Waals surface area contributed by atoms with Gasteiger partial charge in [-0.2, -0.15) is 0 Å². The quantitative estimate of drug-likeness (QED) is 0.155. The molecule has 7 rings (SSSR count). The average Bonchev–Trinajstić information content (AvgIpc) is 3.74. The molecule has 0 unspecified atom stereocenters. The maximum Gasteiger partial charge on any atom is 0.328 e. The minimum absolute atomic E-state index is 0.267. The molecule has 1 saturated heterocycles. The SMILES string of the molecule is CN1CCC(NC(=O)c2ccc3c(C4CCCC4)c(-c4cccc5cccnc45)n(C)c3c2)(C(=O)Nc2ccc(/C=C/C(=O)O)cc2)CC1. The summed E-state index contributed by atoms with van der Waals surface area (Å²) in [7, 11) is 4.09. The predicted molar refractivity (Wildman–Crippen MR) is 194 cm³/mol. The van der Waals surface area contributed by atoms with E-state index in [-0.39, 0.29) is 11.8 Å². The van der Waals surface area contributed by atoms with Gasteiger partial charge < -0.3 is 25.2 Å². The number of aromatic nitrogens is 2. The fourth-order valence-corrected chi connectivity index (χ4v) is 7.65. The van der Waals surface area contributed by atoms with Gasteiger partial charge in [0.15, 0.2) is 0 Å². The van der Waals surface area contributed by atoms with Crippen molar-refractivity contribution in [2.75, 3.05) is 25.5 Å². The molecular formula is C40H41N5O4. The highest BCUT2D eigenvalue weighted by molar-refractivity contribution is 6.06. The van der Waals surface area contributed by atoms with Gasteiger partial charge in [-0.1, -0.05) is 55.3 Å². The number of para-hydroxylation sites is 1. The summed E-state index contributed by atoms with van der Waals surface area (Å²) in [4.78, 5) is 45.9. The standard InChI is InChI=1S/C40H41N5O4/c1-44-23-20-40(21-24-44,39(49)42-30-16-12-26(13-17-30)14-19-34(46)47)43-38(48)29-15-18-31-33(25-29)45(2)37(35(31)27-7-3-4-8-27)32-11-5-9-28-10-6-22-41-36(28)32/h5-6,9-19,22,25,27H,3-4,7-8,20-21,23-24H2,1-2H3,(H,42,49)(H,43,48)(H,46,47)/b19-14+. The van der Waals surface area contributed by atoms with Crippen molar-refractivity contribution in [3.8, 4) is 11.3 Å². The molecule has 3 heterocycles. The Hall–Kier alpha value is -5.28. The van der Waals surface area contributed by atoms with Crippen molar-refractivity contribution < 1.29 is 19.5 Å². The Balaban J connectivity index is 1.22. The molecule has 9 nitrogen and oxygen atoms in total. The first-order valence-corrected chi connectivity index (χ1v) is 17.0. The molecule has 0 bridgehead atoms. The van der Waals surface area contributed by atoms with E-state index in [1.54, 1.807) is 24.3 Å². The highest BCUT2D eigenvalue weighted by atomic mass is 16.4. The summed E-state index contributed by atoms with van der Waals surface area (Å²) in [5.41, 5.74) is 6.22. The van der Waals surface area contributed by atoms with E-state index in [9.17, 15) is 14.4 Å². The van der Waals surface area contributed by atoms with E-state index in [0.29, 0.717) is 48.7 Å². The minimum Gasteiger partial charge on any atom is -0.478 e. The van der Waals surface area contributed by atoms with Crippen LogP contribution in [0.5, 0.6) is 0 Å². The number of hydrogen-bond acceptors (Lipinski definition) is 5. The highest BCUT2D eigenvalue weighted by Gasteiger charge is 2.42. The number of hydrogen-bond donors (Lipinski definition) is 3. The van der Waals surface area contributed by atoms with Crippen LogP contribution in [0.15, 0.2) is 85.1 Å². The molecule has 2 aromatic heterocycles. The van der Waals surface area contributed by atoms with Crippen LogP contribution in [0.2, 0.25) is 0 Å². The number of anilines is 1. The molecule has 3 aromatic carbocycles. The largest absolute Gasteiger partial charge is 0.478 e. The molecule has 1 aliphatic carbocycles. The number of fused-ring (bicyclic) bond motifs is 2. The van der Waals surface area contributed by atoms with Gasteiger partial charge in [-0.3, -0.25) is 14.6 Å². The lowest BCUT2D eigenvalue weighted by Crippen LogP contribution is -2.61. The first-order valence-electron chi connectivity index (χ1n) is 17.0. The van der Waals surface area contributed by atoms with E-state index in [4.69, 9.17) is 10.1 Å². The number of piperidine rings is 1. The molecule has 0 spiro atoms. The second kappa shape index (κ2) is 13.3. The van der Waals surface area contributed by atoms with Gasteiger partial charge in [0.1, 0.15) is 5.54 Å². The molecule has 2 amide bonds. The summed E-state index contributed by atoms with van der Waals surface area (Å²) in [5, 5.41) is 17.3. The summed E-state index contributed by atoms with van der Waals surface area (Å²) in [6.45, 7) is 1.33. The van der Waals surface area contributed by atoms with E-state index in [0.717, 1.165) is 52.0 Å². The molecule has 1 aliphatic heterocycles. The van der Waals surface area contributed by atoms with Crippen LogP contribution in [-0.4, -0.2) is 63.0 Å². The molecule has 1 saturated carbocycles. The van der Waals surface area contributed by atoms with Crippen LogP contribution in [0.3, 0.4) is 0 Å². The highest BCUT2D eigenvalue weighted by Crippen LogP contribution is 2.45. The third-order valence-corrected chi connectivity index (χ3v) is 10.4. The van der Waals surface area contributed by atoms with Crippen LogP contribution >= 0.6 is 0 Å². The van der Waals surface area contributed by atoms with Crippen LogP contribution in [0.25, 0.3) is 39.1 Å². The van der Waals surface area contributed by atoms with Crippen molar-refractivity contribution in [2.24, 2.45) is 7.05 Å². The summed E-state index contributed by atoms with van der Waals surface area (Å²) < 4.78 is 2.22. The lowest BCUT2D eigenvalue weighted by Gasteiger charge is -2.40. The van der Waals surface area contributed by atoms with Crippen LogP contribution in [0, 0.1) is 0 Å². The van der Waals surface area contributed by atoms with Gasteiger partial charge in [-0.05, 0) is 86.2 Å². The van der Waals surface area contributed by atoms with Gasteiger partial charge in [0.05, 0.1) is 11.2 Å². The number of nitrogens with zero attached hydrogens (tertiary/aromatic N) is 3. The Morgan fingerprint density at radius 2 is 1.67 bits per heavy atom. The predicted octanol–water partition coefficient (Wildman–Crippen LogP) is 6.98. The fraction of sp³-hybridized carbons (Fsp3) is 0.300. The molecule has 0 radical (unpaired) electrons.